The number of imide groups is 1. The number of hydrogen-bond donors (Lipinski definition) is 2. The van der Waals surface area contributed by atoms with Crippen LogP contribution in [0.1, 0.15) is 23.6 Å². The number of nitrogens with one attached hydrogen (secondary N) is 2. The summed E-state index contributed by atoms with van der Waals surface area (Å²) in [5, 5.41) is 3.33. The number of imidazole rings is 1. The molecule has 162 valence electrons. The maximum Gasteiger partial charge on any atom is 0.278 e. The molecule has 1 fully saturated rings. The van der Waals surface area contributed by atoms with Gasteiger partial charge in [0.2, 0.25) is 17.8 Å². The number of amides is 2. The van der Waals surface area contributed by atoms with E-state index in [4.69, 9.17) is 16.3 Å². The normalized spacial score (nSPS) is 16.3. The second-order valence-electron chi connectivity index (χ2n) is 7.51. The van der Waals surface area contributed by atoms with Crippen LogP contribution in [0.2, 0.25) is 5.02 Å². The van der Waals surface area contributed by atoms with Crippen LogP contribution in [0.25, 0.3) is 17.0 Å². The van der Waals surface area contributed by atoms with Gasteiger partial charge in [-0.1, -0.05) is 23.7 Å². The Hall–Kier alpha value is -3.85. The van der Waals surface area contributed by atoms with Crippen LogP contribution in [-0.4, -0.2) is 38.7 Å². The lowest BCUT2D eigenvalue weighted by Gasteiger charge is -2.18. The number of aromatic nitrogens is 4. The van der Waals surface area contributed by atoms with Gasteiger partial charge in [-0.15, -0.1) is 0 Å². The zero-order chi connectivity index (χ0) is 22.6. The van der Waals surface area contributed by atoms with Crippen molar-refractivity contribution in [3.05, 3.63) is 69.1 Å². The number of benzene rings is 2. The maximum absolute atomic E-state index is 13.3. The van der Waals surface area contributed by atoms with Gasteiger partial charge in [0.15, 0.2) is 0 Å². The number of fused-ring (bicyclic) bond motifs is 1. The lowest BCUT2D eigenvalue weighted by molar-refractivity contribution is -0.121. The summed E-state index contributed by atoms with van der Waals surface area (Å²) in [5.41, 5.74) is 2.01. The van der Waals surface area contributed by atoms with Gasteiger partial charge in [0, 0.05) is 17.1 Å². The first-order valence-corrected chi connectivity index (χ1v) is 10.2. The summed E-state index contributed by atoms with van der Waals surface area (Å²) in [7, 11) is 1.44. The Kier molecular flexibility index (Phi) is 4.63. The molecule has 10 heteroatoms. The van der Waals surface area contributed by atoms with E-state index < -0.39 is 23.3 Å². The van der Waals surface area contributed by atoms with Crippen LogP contribution in [-0.2, 0) is 9.59 Å². The molecular weight excluding hydrogens is 434 g/mol. The first-order valence-electron chi connectivity index (χ1n) is 9.86. The number of para-hydroxylation sites is 2. The molecule has 0 radical (unpaired) electrons. The molecule has 1 atom stereocenters. The summed E-state index contributed by atoms with van der Waals surface area (Å²) < 4.78 is 6.55. The van der Waals surface area contributed by atoms with Gasteiger partial charge in [-0.2, -0.15) is 4.68 Å². The lowest BCUT2D eigenvalue weighted by atomic mass is 9.98. The fraction of sp³-hybridized carbons (Fsp3) is 0.182. The van der Waals surface area contributed by atoms with Crippen LogP contribution >= 0.6 is 11.6 Å². The molecule has 2 amide bonds. The predicted octanol–water partition coefficient (Wildman–Crippen LogP) is 3.06. The number of halogens is 1. The van der Waals surface area contributed by atoms with Crippen LogP contribution < -0.4 is 15.2 Å². The molecule has 5 rings (SSSR count). The van der Waals surface area contributed by atoms with Gasteiger partial charge >= 0.3 is 0 Å². The summed E-state index contributed by atoms with van der Waals surface area (Å²) in [4.78, 5) is 48.0. The monoisotopic (exact) mass is 451 g/mol. The number of nitrogens with zero attached hydrogens (tertiary/aromatic N) is 3. The van der Waals surface area contributed by atoms with E-state index >= 15 is 0 Å². The predicted molar refractivity (Wildman–Crippen MR) is 119 cm³/mol. The second kappa shape index (κ2) is 7.38. The van der Waals surface area contributed by atoms with Crippen molar-refractivity contribution in [3.8, 4) is 11.7 Å². The highest BCUT2D eigenvalue weighted by molar-refractivity contribution is 6.31. The molecule has 0 saturated carbocycles. The third-order valence-electron chi connectivity index (χ3n) is 5.58. The third kappa shape index (κ3) is 3.01. The van der Waals surface area contributed by atoms with Gasteiger partial charge in [-0.05, 0) is 37.3 Å². The van der Waals surface area contributed by atoms with Gasteiger partial charge in [-0.3, -0.25) is 19.5 Å². The number of aryl methyl sites for hydroxylation is 1. The largest absolute Gasteiger partial charge is 0.495 e. The molecule has 0 aliphatic carbocycles. The van der Waals surface area contributed by atoms with Crippen molar-refractivity contribution < 1.29 is 14.3 Å². The van der Waals surface area contributed by atoms with Crippen LogP contribution in [0.5, 0.6) is 5.75 Å². The molecule has 1 aliphatic heterocycles. The van der Waals surface area contributed by atoms with Gasteiger partial charge in [0.1, 0.15) is 5.75 Å². The van der Waals surface area contributed by atoms with Crippen molar-refractivity contribution in [3.63, 3.8) is 0 Å². The molecule has 0 spiro atoms. The van der Waals surface area contributed by atoms with Gasteiger partial charge < -0.3 is 9.72 Å². The van der Waals surface area contributed by atoms with Crippen molar-refractivity contribution in [1.29, 1.82) is 0 Å². The summed E-state index contributed by atoms with van der Waals surface area (Å²) >= 11 is 6.08. The fourth-order valence-corrected chi connectivity index (χ4v) is 4.28. The van der Waals surface area contributed by atoms with Gasteiger partial charge in [0.25, 0.3) is 5.56 Å². The summed E-state index contributed by atoms with van der Waals surface area (Å²) in [6.07, 6.45) is -0.136. The second-order valence-corrected chi connectivity index (χ2v) is 7.95. The quantitative estimate of drug-likeness (QED) is 0.463. The smallest absolute Gasteiger partial charge is 0.278 e. The number of aromatic amines is 2. The molecule has 2 aromatic heterocycles. The van der Waals surface area contributed by atoms with Crippen molar-refractivity contribution in [2.75, 3.05) is 12.0 Å². The Morgan fingerprint density at radius 3 is 2.69 bits per heavy atom. The Morgan fingerprint density at radius 2 is 1.94 bits per heavy atom. The van der Waals surface area contributed by atoms with Gasteiger partial charge in [-0.25, -0.2) is 9.88 Å². The van der Waals surface area contributed by atoms with E-state index in [0.717, 1.165) is 10.4 Å². The molecule has 4 aromatic rings. The average molecular weight is 452 g/mol. The molecule has 32 heavy (non-hydrogen) atoms. The Bertz CT molecular complexity index is 1420. The third-order valence-corrected chi connectivity index (χ3v) is 5.82. The summed E-state index contributed by atoms with van der Waals surface area (Å²) in [6, 6.07) is 12.1. The number of carbonyl (C=O) groups is 2. The Labute approximate surface area is 186 Å². The van der Waals surface area contributed by atoms with E-state index in [0.29, 0.717) is 27.9 Å². The zero-order valence-corrected chi connectivity index (χ0v) is 17.9. The molecule has 0 bridgehead atoms. The first-order chi connectivity index (χ1) is 15.4. The van der Waals surface area contributed by atoms with E-state index in [2.05, 4.69) is 15.1 Å². The minimum Gasteiger partial charge on any atom is -0.495 e. The number of hydrogen-bond acceptors (Lipinski definition) is 5. The molecule has 3 heterocycles. The number of ether oxygens (including phenoxy) is 1. The maximum atomic E-state index is 13.3. The van der Waals surface area contributed by atoms with Crippen LogP contribution in [0.15, 0.2) is 47.3 Å². The number of carbonyl (C=O) groups excluding carboxylic acids is 2. The van der Waals surface area contributed by atoms with Gasteiger partial charge in [0.05, 0.1) is 35.3 Å². The minimum absolute atomic E-state index is 0.136. The number of rotatable bonds is 4. The van der Waals surface area contributed by atoms with Crippen molar-refractivity contribution in [1.82, 2.24) is 19.7 Å². The first kappa shape index (κ1) is 20.1. The zero-order valence-electron chi connectivity index (χ0n) is 17.2. The highest BCUT2D eigenvalue weighted by Gasteiger charge is 2.44. The molecule has 0 unspecified atom stereocenters. The minimum atomic E-state index is -0.930. The highest BCUT2D eigenvalue weighted by atomic mass is 35.5. The SMILES string of the molecule is COc1ccc(Cl)cc1N1C(=O)C[C@@H](c2c(C)[nH]n(-c3nc4ccccc4[nH]3)c2=O)C1=O. The summed E-state index contributed by atoms with van der Waals surface area (Å²) in [5.74, 6) is -1.24. The van der Waals surface area contributed by atoms with E-state index in [-0.39, 0.29) is 17.7 Å². The Balaban J connectivity index is 1.56. The van der Waals surface area contributed by atoms with Crippen LogP contribution in [0.4, 0.5) is 5.69 Å². The highest BCUT2D eigenvalue weighted by Crippen LogP contribution is 2.38. The molecular formula is C22H18ClN5O4. The number of anilines is 1. The molecule has 1 aliphatic rings. The molecule has 2 aromatic carbocycles. The van der Waals surface area contributed by atoms with E-state index in [1.807, 2.05) is 24.3 Å². The molecule has 2 N–H and O–H groups in total. The summed E-state index contributed by atoms with van der Waals surface area (Å²) in [6.45, 7) is 1.69. The van der Waals surface area contributed by atoms with E-state index in [1.54, 1.807) is 19.1 Å². The van der Waals surface area contributed by atoms with Crippen molar-refractivity contribution in [2.24, 2.45) is 0 Å². The van der Waals surface area contributed by atoms with Crippen LogP contribution in [0, 0.1) is 6.92 Å². The van der Waals surface area contributed by atoms with Crippen LogP contribution in [0.3, 0.4) is 0 Å². The average Bonchev–Trinajstić information content (AvgIpc) is 3.41. The Morgan fingerprint density at radius 1 is 1.16 bits per heavy atom. The lowest BCUT2D eigenvalue weighted by Crippen LogP contribution is -2.31. The number of methoxy groups -OCH3 is 1. The van der Waals surface area contributed by atoms with E-state index in [1.165, 1.54) is 17.9 Å². The van der Waals surface area contributed by atoms with Crippen molar-refractivity contribution >= 4 is 40.1 Å². The molecule has 1 saturated heterocycles. The van der Waals surface area contributed by atoms with E-state index in [9.17, 15) is 14.4 Å². The fourth-order valence-electron chi connectivity index (χ4n) is 4.11. The molecule has 9 nitrogen and oxygen atoms in total. The topological polar surface area (TPSA) is 113 Å². The standard InChI is InChI=1S/C22H18ClN5O4/c1-11-19(21(31)28(26-11)22-24-14-5-3-4-6-15(14)25-22)13-10-18(29)27(20(13)30)16-9-12(23)7-8-17(16)32-2/h3-9,13,26H,10H2,1-2H3,(H,24,25)/t13-/m0/s1. The number of H-pyrrole nitrogens is 2. The van der Waals surface area contributed by atoms with Crippen molar-refractivity contribution in [2.45, 2.75) is 19.3 Å².